The number of non-ortho nitro benzene ring substituents is 1. The predicted octanol–water partition coefficient (Wildman–Crippen LogP) is 3.50. The molecule has 0 amide bonds. The van der Waals surface area contributed by atoms with Crippen molar-refractivity contribution in [3.63, 3.8) is 0 Å². The van der Waals surface area contributed by atoms with E-state index in [4.69, 9.17) is 4.74 Å². The number of rotatable bonds is 6. The SMILES string of the molecule is C=C(C(=O)OC(C)CC)C(F)c1cccc([N+](=O)[O-])c1. The highest BCUT2D eigenvalue weighted by atomic mass is 19.1. The van der Waals surface area contributed by atoms with Gasteiger partial charge in [0.1, 0.15) is 0 Å². The minimum atomic E-state index is -1.83. The molecular weight excluding hydrogens is 265 g/mol. The average Bonchev–Trinajstić information content (AvgIpc) is 2.45. The normalized spacial score (nSPS) is 13.3. The second kappa shape index (κ2) is 6.79. The van der Waals surface area contributed by atoms with Gasteiger partial charge in [-0.05, 0) is 18.9 Å². The number of ether oxygens (including phenoxy) is 1. The van der Waals surface area contributed by atoms with E-state index in [9.17, 15) is 19.3 Å². The molecule has 0 N–H and O–H groups in total. The van der Waals surface area contributed by atoms with Crippen LogP contribution in [0.2, 0.25) is 0 Å². The maximum Gasteiger partial charge on any atom is 0.336 e. The topological polar surface area (TPSA) is 69.4 Å². The number of alkyl halides is 1. The van der Waals surface area contributed by atoms with Gasteiger partial charge in [0.05, 0.1) is 16.6 Å². The molecule has 0 aliphatic heterocycles. The van der Waals surface area contributed by atoms with Crippen molar-refractivity contribution in [2.45, 2.75) is 32.5 Å². The maximum absolute atomic E-state index is 14.2. The van der Waals surface area contributed by atoms with Crippen LogP contribution >= 0.6 is 0 Å². The lowest BCUT2D eigenvalue weighted by molar-refractivity contribution is -0.384. The third kappa shape index (κ3) is 3.88. The number of nitro groups is 1. The summed E-state index contributed by atoms with van der Waals surface area (Å²) in [7, 11) is 0. The van der Waals surface area contributed by atoms with Gasteiger partial charge in [-0.1, -0.05) is 25.6 Å². The van der Waals surface area contributed by atoms with Gasteiger partial charge < -0.3 is 4.74 Å². The highest BCUT2D eigenvalue weighted by molar-refractivity contribution is 5.89. The highest BCUT2D eigenvalue weighted by Crippen LogP contribution is 2.28. The van der Waals surface area contributed by atoms with E-state index in [1.54, 1.807) is 6.92 Å². The van der Waals surface area contributed by atoms with Crippen LogP contribution in [-0.2, 0) is 9.53 Å². The largest absolute Gasteiger partial charge is 0.459 e. The van der Waals surface area contributed by atoms with Gasteiger partial charge in [-0.25, -0.2) is 9.18 Å². The Morgan fingerprint density at radius 1 is 1.55 bits per heavy atom. The Bertz CT molecular complexity index is 530. The molecule has 6 heteroatoms. The molecule has 0 aliphatic carbocycles. The summed E-state index contributed by atoms with van der Waals surface area (Å²) in [6.45, 7) is 6.89. The summed E-state index contributed by atoms with van der Waals surface area (Å²) in [6.07, 6.45) is -1.56. The summed E-state index contributed by atoms with van der Waals surface area (Å²) in [5, 5.41) is 10.6. The average molecular weight is 281 g/mol. The van der Waals surface area contributed by atoms with E-state index >= 15 is 0 Å². The molecule has 5 nitrogen and oxygen atoms in total. The molecule has 0 saturated heterocycles. The minimum Gasteiger partial charge on any atom is -0.459 e. The van der Waals surface area contributed by atoms with E-state index in [0.717, 1.165) is 6.07 Å². The predicted molar refractivity (Wildman–Crippen MR) is 71.9 cm³/mol. The fourth-order valence-electron chi connectivity index (χ4n) is 1.44. The Kier molecular flexibility index (Phi) is 5.37. The van der Waals surface area contributed by atoms with Crippen LogP contribution in [-0.4, -0.2) is 17.0 Å². The zero-order valence-corrected chi connectivity index (χ0v) is 11.3. The van der Waals surface area contributed by atoms with Gasteiger partial charge in [-0.15, -0.1) is 0 Å². The molecule has 0 aliphatic rings. The molecule has 0 saturated carbocycles. The summed E-state index contributed by atoms with van der Waals surface area (Å²) in [5.41, 5.74) is -0.607. The molecule has 0 radical (unpaired) electrons. The van der Waals surface area contributed by atoms with E-state index in [-0.39, 0.29) is 22.9 Å². The van der Waals surface area contributed by atoms with Crippen LogP contribution in [0.5, 0.6) is 0 Å². The van der Waals surface area contributed by atoms with Gasteiger partial charge in [0, 0.05) is 12.1 Å². The summed E-state index contributed by atoms with van der Waals surface area (Å²) in [4.78, 5) is 21.7. The molecule has 1 aromatic carbocycles. The van der Waals surface area contributed by atoms with Crippen LogP contribution in [0.4, 0.5) is 10.1 Å². The molecule has 0 heterocycles. The Balaban J connectivity index is 2.86. The van der Waals surface area contributed by atoms with Gasteiger partial charge >= 0.3 is 5.97 Å². The highest BCUT2D eigenvalue weighted by Gasteiger charge is 2.24. The fourth-order valence-corrected chi connectivity index (χ4v) is 1.44. The van der Waals surface area contributed by atoms with Gasteiger partial charge in [0.15, 0.2) is 6.17 Å². The van der Waals surface area contributed by atoms with E-state index in [1.807, 2.05) is 6.92 Å². The monoisotopic (exact) mass is 281 g/mol. The third-order valence-corrected chi connectivity index (χ3v) is 2.82. The van der Waals surface area contributed by atoms with E-state index in [2.05, 4.69) is 6.58 Å². The summed E-state index contributed by atoms with van der Waals surface area (Å²) >= 11 is 0. The quantitative estimate of drug-likeness (QED) is 0.346. The molecule has 0 spiro atoms. The number of benzene rings is 1. The number of esters is 1. The van der Waals surface area contributed by atoms with Crippen molar-refractivity contribution in [1.29, 1.82) is 0 Å². The summed E-state index contributed by atoms with van der Waals surface area (Å²) in [6, 6.07) is 5.04. The fraction of sp³-hybridized carbons (Fsp3) is 0.357. The van der Waals surface area contributed by atoms with Crippen LogP contribution in [0, 0.1) is 10.1 Å². The van der Waals surface area contributed by atoms with Gasteiger partial charge in [-0.3, -0.25) is 10.1 Å². The Morgan fingerprint density at radius 3 is 2.75 bits per heavy atom. The van der Waals surface area contributed by atoms with Crippen LogP contribution in [0.25, 0.3) is 0 Å². The smallest absolute Gasteiger partial charge is 0.336 e. The number of carbonyl (C=O) groups excluding carboxylic acids is 1. The van der Waals surface area contributed by atoms with Crippen LogP contribution in [0.15, 0.2) is 36.4 Å². The number of nitro benzene ring substituents is 1. The van der Waals surface area contributed by atoms with Crippen LogP contribution < -0.4 is 0 Å². The van der Waals surface area contributed by atoms with E-state index < -0.39 is 17.1 Å². The van der Waals surface area contributed by atoms with Crippen LogP contribution in [0.1, 0.15) is 32.0 Å². The van der Waals surface area contributed by atoms with Crippen molar-refractivity contribution in [3.8, 4) is 0 Å². The summed E-state index contributed by atoms with van der Waals surface area (Å²) < 4.78 is 19.1. The van der Waals surface area contributed by atoms with Crippen LogP contribution in [0.3, 0.4) is 0 Å². The lowest BCUT2D eigenvalue weighted by Gasteiger charge is -2.14. The van der Waals surface area contributed by atoms with Crippen molar-refractivity contribution >= 4 is 11.7 Å². The molecular formula is C14H16FNO4. The molecule has 20 heavy (non-hydrogen) atoms. The Labute approximate surface area is 116 Å². The molecule has 2 unspecified atom stereocenters. The third-order valence-electron chi connectivity index (χ3n) is 2.82. The molecule has 0 bridgehead atoms. The Morgan fingerprint density at radius 2 is 2.20 bits per heavy atom. The first-order chi connectivity index (χ1) is 9.36. The van der Waals surface area contributed by atoms with Gasteiger partial charge in [-0.2, -0.15) is 0 Å². The van der Waals surface area contributed by atoms with Crippen molar-refractivity contribution in [2.24, 2.45) is 0 Å². The number of carbonyl (C=O) groups is 1. The first kappa shape index (κ1) is 15.8. The van der Waals surface area contributed by atoms with Crippen molar-refractivity contribution in [2.75, 3.05) is 0 Å². The minimum absolute atomic E-state index is 0.00491. The lowest BCUT2D eigenvalue weighted by atomic mass is 10.0. The number of nitrogens with zero attached hydrogens (tertiary/aromatic N) is 1. The van der Waals surface area contributed by atoms with Crippen molar-refractivity contribution in [3.05, 3.63) is 52.1 Å². The number of hydrogen-bond acceptors (Lipinski definition) is 4. The first-order valence-corrected chi connectivity index (χ1v) is 6.15. The van der Waals surface area contributed by atoms with Crippen molar-refractivity contribution < 1.29 is 18.8 Å². The van der Waals surface area contributed by atoms with E-state index in [0.29, 0.717) is 6.42 Å². The molecule has 0 fully saturated rings. The maximum atomic E-state index is 14.2. The molecule has 108 valence electrons. The van der Waals surface area contributed by atoms with Crippen molar-refractivity contribution in [1.82, 2.24) is 0 Å². The van der Waals surface area contributed by atoms with Gasteiger partial charge in [0.2, 0.25) is 0 Å². The molecule has 2 atom stereocenters. The lowest BCUT2D eigenvalue weighted by Crippen LogP contribution is -2.17. The molecule has 1 rings (SSSR count). The number of halogens is 1. The zero-order valence-electron chi connectivity index (χ0n) is 11.3. The zero-order chi connectivity index (χ0) is 15.3. The van der Waals surface area contributed by atoms with Gasteiger partial charge in [0.25, 0.3) is 5.69 Å². The second-order valence-electron chi connectivity index (χ2n) is 4.36. The summed E-state index contributed by atoms with van der Waals surface area (Å²) in [5.74, 6) is -0.835. The molecule has 1 aromatic rings. The second-order valence-corrected chi connectivity index (χ2v) is 4.36. The van der Waals surface area contributed by atoms with E-state index in [1.165, 1.54) is 18.2 Å². The first-order valence-electron chi connectivity index (χ1n) is 6.15. The standard InChI is InChI=1S/C14H16FNO4/c1-4-9(2)20-14(17)10(3)13(15)11-6-5-7-12(8-11)16(18)19/h5-9,13H,3-4H2,1-2H3. The molecule has 0 aromatic heterocycles. The Hall–Kier alpha value is -2.24. The number of hydrogen-bond donors (Lipinski definition) is 0.